The van der Waals surface area contributed by atoms with Gasteiger partial charge in [0.05, 0.1) is 10.6 Å². The first kappa shape index (κ1) is 15.1. The van der Waals surface area contributed by atoms with E-state index in [0.29, 0.717) is 4.90 Å². The Morgan fingerprint density at radius 2 is 2.10 bits per heavy atom. The van der Waals surface area contributed by atoms with Crippen molar-refractivity contribution >= 4 is 35.0 Å². The lowest BCUT2D eigenvalue weighted by atomic mass is 10.2. The zero-order chi connectivity index (χ0) is 15.7. The van der Waals surface area contributed by atoms with Gasteiger partial charge in [-0.05, 0) is 23.9 Å². The molecule has 110 valence electrons. The Labute approximate surface area is 127 Å². The van der Waals surface area contributed by atoms with Crippen LogP contribution >= 0.6 is 23.4 Å². The molecule has 0 aliphatic rings. The van der Waals surface area contributed by atoms with Gasteiger partial charge in [-0.3, -0.25) is 24.2 Å². The number of nitrogens with two attached hydrogens (primary N) is 2. The van der Waals surface area contributed by atoms with Crippen molar-refractivity contribution in [3.63, 3.8) is 0 Å². The van der Waals surface area contributed by atoms with Gasteiger partial charge in [0.15, 0.2) is 5.16 Å². The quantitative estimate of drug-likeness (QED) is 0.534. The Bertz CT molecular complexity index is 845. The van der Waals surface area contributed by atoms with Crippen molar-refractivity contribution in [1.29, 1.82) is 0 Å². The van der Waals surface area contributed by atoms with Crippen molar-refractivity contribution < 1.29 is 4.79 Å². The van der Waals surface area contributed by atoms with Crippen LogP contribution in [0.3, 0.4) is 0 Å². The van der Waals surface area contributed by atoms with Crippen molar-refractivity contribution in [1.82, 2.24) is 14.8 Å². The second-order valence-corrected chi connectivity index (χ2v) is 5.43. The van der Waals surface area contributed by atoms with Crippen molar-refractivity contribution in [2.75, 3.05) is 5.73 Å². The van der Waals surface area contributed by atoms with Gasteiger partial charge in [0, 0.05) is 17.6 Å². The molecule has 1 heterocycles. The number of anilines is 1. The number of H-pyrrole nitrogens is 1. The second kappa shape index (κ2) is 5.62. The molecule has 0 fully saturated rings. The average Bonchev–Trinajstić information content (AvgIpc) is 2.38. The fourth-order valence-electron chi connectivity index (χ4n) is 1.54. The Kier molecular flexibility index (Phi) is 4.05. The molecule has 0 saturated carbocycles. The minimum absolute atomic E-state index is 0.102. The lowest BCUT2D eigenvalue weighted by molar-refractivity contribution is 0.0997. The number of hydrogen-bond donors (Lipinski definition) is 3. The minimum atomic E-state index is -0.942. The number of aryl methyl sites for hydroxylation is 1. The van der Waals surface area contributed by atoms with Gasteiger partial charge in [0.25, 0.3) is 0 Å². The third-order valence-electron chi connectivity index (χ3n) is 2.47. The van der Waals surface area contributed by atoms with Gasteiger partial charge < -0.3 is 11.5 Å². The summed E-state index contributed by atoms with van der Waals surface area (Å²) in [5, 5.41) is 2.62. The predicted molar refractivity (Wildman–Crippen MR) is 78.6 cm³/mol. The minimum Gasteiger partial charge on any atom is -0.399 e. The van der Waals surface area contributed by atoms with Gasteiger partial charge in [0.2, 0.25) is 5.91 Å². The molecule has 21 heavy (non-hydrogen) atoms. The molecule has 2 aromatic rings. The van der Waals surface area contributed by atoms with Crippen LogP contribution in [-0.4, -0.2) is 20.7 Å². The van der Waals surface area contributed by atoms with Crippen LogP contribution in [0.4, 0.5) is 5.69 Å². The van der Waals surface area contributed by atoms with Crippen LogP contribution in [0, 0.1) is 0 Å². The van der Waals surface area contributed by atoms with Crippen LogP contribution in [0.25, 0.3) is 0 Å². The fraction of sp³-hybridized carbons (Fsp3) is 0.0909. The van der Waals surface area contributed by atoms with Gasteiger partial charge in [-0.2, -0.15) is 4.98 Å². The lowest BCUT2D eigenvalue weighted by Gasteiger charge is -2.11. The lowest BCUT2D eigenvalue weighted by Crippen LogP contribution is -2.33. The molecule has 0 saturated heterocycles. The maximum atomic E-state index is 11.5. The van der Waals surface area contributed by atoms with Gasteiger partial charge in [-0.25, -0.2) is 0 Å². The smallest absolute Gasteiger partial charge is 0.339 e. The molecule has 1 aromatic heterocycles. The summed E-state index contributed by atoms with van der Waals surface area (Å²) in [4.78, 5) is 37.9. The van der Waals surface area contributed by atoms with E-state index in [-0.39, 0.29) is 21.4 Å². The van der Waals surface area contributed by atoms with Crippen molar-refractivity contribution in [3.8, 4) is 0 Å². The average molecular weight is 328 g/mol. The van der Waals surface area contributed by atoms with E-state index in [1.807, 2.05) is 0 Å². The molecule has 1 amide bonds. The maximum absolute atomic E-state index is 11.5. The zero-order valence-corrected chi connectivity index (χ0v) is 12.3. The highest BCUT2D eigenvalue weighted by atomic mass is 35.5. The first-order chi connectivity index (χ1) is 9.79. The Morgan fingerprint density at radius 3 is 2.71 bits per heavy atom. The van der Waals surface area contributed by atoms with Gasteiger partial charge in [0.1, 0.15) is 0 Å². The highest BCUT2D eigenvalue weighted by Crippen LogP contribution is 2.35. The third kappa shape index (κ3) is 3.09. The molecule has 0 aliphatic heterocycles. The van der Waals surface area contributed by atoms with E-state index in [9.17, 15) is 14.4 Å². The molecule has 0 spiro atoms. The zero-order valence-electron chi connectivity index (χ0n) is 10.7. The number of benzene rings is 1. The largest absolute Gasteiger partial charge is 0.399 e. The molecular formula is C11H10ClN5O3S. The van der Waals surface area contributed by atoms with Gasteiger partial charge in [-0.15, -0.1) is 0 Å². The summed E-state index contributed by atoms with van der Waals surface area (Å²) in [5.41, 5.74) is 9.49. The maximum Gasteiger partial charge on any atom is 0.339 e. The number of carbonyl (C=O) groups is 1. The molecule has 0 unspecified atom stereocenters. The molecule has 2 rings (SSSR count). The fourth-order valence-corrected chi connectivity index (χ4v) is 2.81. The predicted octanol–water partition coefficient (Wildman–Crippen LogP) is -0.0457. The summed E-state index contributed by atoms with van der Waals surface area (Å²) < 4.78 is 1.24. The number of nitrogens with one attached hydrogen (secondary N) is 1. The molecule has 1 aromatic carbocycles. The van der Waals surface area contributed by atoms with Crippen LogP contribution in [0.1, 0.15) is 10.4 Å². The number of halogens is 1. The number of nitrogen functional groups attached to an aromatic ring is 1. The first-order valence-corrected chi connectivity index (χ1v) is 6.73. The van der Waals surface area contributed by atoms with Crippen LogP contribution in [0.2, 0.25) is 5.02 Å². The summed E-state index contributed by atoms with van der Waals surface area (Å²) in [5.74, 6) is -0.721. The Balaban J connectivity index is 2.59. The number of carbonyl (C=O) groups excluding carboxylic acids is 1. The molecule has 0 bridgehead atoms. The molecule has 0 aliphatic carbocycles. The molecule has 0 atom stereocenters. The number of nitrogens with zero attached hydrogens (tertiary/aromatic N) is 2. The topological polar surface area (TPSA) is 137 Å². The number of primary amides is 1. The van der Waals surface area contributed by atoms with E-state index >= 15 is 0 Å². The highest BCUT2D eigenvalue weighted by Gasteiger charge is 2.17. The Morgan fingerprint density at radius 1 is 1.43 bits per heavy atom. The van der Waals surface area contributed by atoms with E-state index in [4.69, 9.17) is 23.1 Å². The normalized spacial score (nSPS) is 10.6. The number of amides is 1. The van der Waals surface area contributed by atoms with Crippen LogP contribution in [0.5, 0.6) is 0 Å². The summed E-state index contributed by atoms with van der Waals surface area (Å²) in [7, 11) is 1.49. The van der Waals surface area contributed by atoms with E-state index in [1.54, 1.807) is 0 Å². The third-order valence-corrected chi connectivity index (χ3v) is 4.07. The number of aromatic nitrogens is 3. The monoisotopic (exact) mass is 327 g/mol. The van der Waals surface area contributed by atoms with E-state index < -0.39 is 17.0 Å². The highest BCUT2D eigenvalue weighted by molar-refractivity contribution is 7.99. The second-order valence-electron chi connectivity index (χ2n) is 4.05. The van der Waals surface area contributed by atoms with Crippen LogP contribution in [-0.2, 0) is 7.05 Å². The van der Waals surface area contributed by atoms with Gasteiger partial charge >= 0.3 is 11.1 Å². The Hall–Kier alpha value is -2.26. The number of hydrogen-bond acceptors (Lipinski definition) is 6. The standard InChI is InChI=1S/C11H10ClN5O3S/c1-17-11(15-9(19)10(20)16-17)21-7-5(8(14)18)2-4(13)3-6(7)12/h2-3H,13H2,1H3,(H2,14,18)(H,16,20). The number of aromatic amines is 1. The molecule has 5 N–H and O–H groups in total. The summed E-state index contributed by atoms with van der Waals surface area (Å²) in [6, 6.07) is 2.82. The molecule has 10 heteroatoms. The molecule has 8 nitrogen and oxygen atoms in total. The van der Waals surface area contributed by atoms with E-state index in [1.165, 1.54) is 23.9 Å². The first-order valence-electron chi connectivity index (χ1n) is 5.53. The summed E-state index contributed by atoms with van der Waals surface area (Å²) >= 11 is 6.98. The SMILES string of the molecule is Cn1[nH]c(=O)c(=O)nc1Sc1c(Cl)cc(N)cc1C(N)=O. The molecule has 0 radical (unpaired) electrons. The van der Waals surface area contributed by atoms with Crippen molar-refractivity contribution in [2.24, 2.45) is 12.8 Å². The number of rotatable bonds is 3. The van der Waals surface area contributed by atoms with Crippen molar-refractivity contribution in [3.05, 3.63) is 43.4 Å². The van der Waals surface area contributed by atoms with Gasteiger partial charge in [-0.1, -0.05) is 11.6 Å². The van der Waals surface area contributed by atoms with Crippen LogP contribution in [0.15, 0.2) is 31.8 Å². The van der Waals surface area contributed by atoms with E-state index in [0.717, 1.165) is 11.8 Å². The van der Waals surface area contributed by atoms with Crippen LogP contribution < -0.4 is 22.6 Å². The molecular weight excluding hydrogens is 318 g/mol. The van der Waals surface area contributed by atoms with Crippen molar-refractivity contribution in [2.45, 2.75) is 10.1 Å². The van der Waals surface area contributed by atoms with E-state index in [2.05, 4.69) is 10.1 Å². The summed E-state index contributed by atoms with van der Waals surface area (Å²) in [6.07, 6.45) is 0. The summed E-state index contributed by atoms with van der Waals surface area (Å²) in [6.45, 7) is 0.